The van der Waals surface area contributed by atoms with Gasteiger partial charge in [0.1, 0.15) is 22.4 Å². The maximum Gasteiger partial charge on any atom is 0.132 e. The van der Waals surface area contributed by atoms with Crippen molar-refractivity contribution in [2.45, 2.75) is 6.92 Å². The number of methoxy groups -OCH3 is 1. The van der Waals surface area contributed by atoms with Gasteiger partial charge in [-0.05, 0) is 30.6 Å². The Hall–Kier alpha value is -2.06. The van der Waals surface area contributed by atoms with Crippen LogP contribution in [-0.2, 0) is 0 Å². The lowest BCUT2D eigenvalue weighted by Crippen LogP contribution is -1.91. The second-order valence-electron chi connectivity index (χ2n) is 3.44. The van der Waals surface area contributed by atoms with Crippen molar-refractivity contribution in [3.63, 3.8) is 0 Å². The molecule has 5 heteroatoms. The number of hydrogen-bond donors (Lipinski definition) is 1. The van der Waals surface area contributed by atoms with Crippen molar-refractivity contribution in [3.05, 3.63) is 35.5 Å². The van der Waals surface area contributed by atoms with Gasteiger partial charge in [0.2, 0.25) is 0 Å². The summed E-state index contributed by atoms with van der Waals surface area (Å²) in [7, 11) is 1.62. The van der Waals surface area contributed by atoms with Crippen LogP contribution in [0.2, 0.25) is 0 Å². The predicted molar refractivity (Wildman–Crippen MR) is 67.8 cm³/mol. The summed E-state index contributed by atoms with van der Waals surface area (Å²) >= 11 is 1.28. The quantitative estimate of drug-likeness (QED) is 0.902. The molecule has 0 fully saturated rings. The van der Waals surface area contributed by atoms with Crippen molar-refractivity contribution in [1.82, 2.24) is 4.37 Å². The van der Waals surface area contributed by atoms with E-state index in [0.29, 0.717) is 5.56 Å². The third-order valence-corrected chi connectivity index (χ3v) is 3.16. The molecule has 0 saturated heterocycles. The Morgan fingerprint density at radius 1 is 1.47 bits per heavy atom. The van der Waals surface area contributed by atoms with E-state index >= 15 is 0 Å². The van der Waals surface area contributed by atoms with Crippen LogP contribution in [0.15, 0.2) is 24.3 Å². The van der Waals surface area contributed by atoms with Gasteiger partial charge < -0.3 is 10.1 Å². The number of nitriles is 1. The van der Waals surface area contributed by atoms with Crippen LogP contribution >= 0.6 is 11.5 Å². The zero-order chi connectivity index (χ0) is 12.3. The van der Waals surface area contributed by atoms with Gasteiger partial charge in [-0.3, -0.25) is 0 Å². The van der Waals surface area contributed by atoms with Crippen LogP contribution in [0.4, 0.5) is 10.7 Å². The third-order valence-electron chi connectivity index (χ3n) is 2.30. The molecule has 0 radical (unpaired) electrons. The minimum absolute atomic E-state index is 0.595. The highest BCUT2D eigenvalue weighted by molar-refractivity contribution is 7.10. The van der Waals surface area contributed by atoms with Crippen LogP contribution in [0.5, 0.6) is 5.75 Å². The molecule has 0 spiro atoms. The maximum absolute atomic E-state index is 9.02. The molecule has 1 heterocycles. The molecular weight excluding hydrogens is 234 g/mol. The lowest BCUT2D eigenvalue weighted by atomic mass is 10.2. The van der Waals surface area contributed by atoms with E-state index in [1.54, 1.807) is 7.11 Å². The average molecular weight is 245 g/mol. The second kappa shape index (κ2) is 4.85. The first-order valence-corrected chi connectivity index (χ1v) is 5.79. The molecule has 0 aliphatic rings. The number of hydrogen-bond acceptors (Lipinski definition) is 5. The van der Waals surface area contributed by atoms with Crippen molar-refractivity contribution in [2.75, 3.05) is 12.4 Å². The molecule has 0 amide bonds. The summed E-state index contributed by atoms with van der Waals surface area (Å²) in [5.74, 6) is 0.773. The molecule has 0 unspecified atom stereocenters. The van der Waals surface area contributed by atoms with Gasteiger partial charge in [0.15, 0.2) is 0 Å². The fourth-order valence-corrected chi connectivity index (χ4v) is 2.19. The number of ether oxygens (including phenoxy) is 1. The number of aryl methyl sites for hydroxylation is 1. The number of anilines is 2. The van der Waals surface area contributed by atoms with E-state index in [4.69, 9.17) is 10.00 Å². The van der Waals surface area contributed by atoms with Gasteiger partial charge in [-0.1, -0.05) is 6.07 Å². The van der Waals surface area contributed by atoms with Crippen LogP contribution in [0, 0.1) is 18.3 Å². The highest BCUT2D eigenvalue weighted by Gasteiger charge is 2.10. The van der Waals surface area contributed by atoms with Gasteiger partial charge in [-0.25, -0.2) is 0 Å². The van der Waals surface area contributed by atoms with Crippen LogP contribution in [-0.4, -0.2) is 11.5 Å². The fraction of sp³-hybridized carbons (Fsp3) is 0.167. The summed E-state index contributed by atoms with van der Waals surface area (Å²) in [6, 6.07) is 9.69. The molecule has 4 nitrogen and oxygen atoms in total. The fourth-order valence-electron chi connectivity index (χ4n) is 1.42. The Morgan fingerprint density at radius 2 is 2.29 bits per heavy atom. The maximum atomic E-state index is 9.02. The van der Waals surface area contributed by atoms with E-state index < -0.39 is 0 Å². The summed E-state index contributed by atoms with van der Waals surface area (Å²) < 4.78 is 9.29. The number of aromatic nitrogens is 1. The molecule has 0 bridgehead atoms. The van der Waals surface area contributed by atoms with Crippen molar-refractivity contribution in [2.24, 2.45) is 0 Å². The first kappa shape index (κ1) is 11.4. The van der Waals surface area contributed by atoms with E-state index in [2.05, 4.69) is 15.8 Å². The lowest BCUT2D eigenvalue weighted by Gasteiger charge is -2.05. The molecular formula is C12H11N3OS. The minimum Gasteiger partial charge on any atom is -0.497 e. The minimum atomic E-state index is 0.595. The Balaban J connectivity index is 2.28. The topological polar surface area (TPSA) is 57.9 Å². The number of rotatable bonds is 3. The van der Waals surface area contributed by atoms with Gasteiger partial charge in [0.25, 0.3) is 0 Å². The van der Waals surface area contributed by atoms with Gasteiger partial charge in [-0.15, -0.1) is 0 Å². The molecule has 0 aliphatic heterocycles. The Labute approximate surface area is 104 Å². The summed E-state index contributed by atoms with van der Waals surface area (Å²) in [5.41, 5.74) is 2.23. The second-order valence-corrected chi connectivity index (χ2v) is 4.21. The molecule has 0 saturated carbocycles. The zero-order valence-corrected chi connectivity index (χ0v) is 10.3. The molecule has 2 rings (SSSR count). The van der Waals surface area contributed by atoms with E-state index in [0.717, 1.165) is 22.1 Å². The number of nitrogens with one attached hydrogen (secondary N) is 1. The van der Waals surface area contributed by atoms with Crippen molar-refractivity contribution in [3.8, 4) is 11.8 Å². The molecule has 86 valence electrons. The average Bonchev–Trinajstić information content (AvgIpc) is 2.70. The molecule has 1 N–H and O–H groups in total. The van der Waals surface area contributed by atoms with Crippen LogP contribution < -0.4 is 10.1 Å². The van der Waals surface area contributed by atoms with Crippen LogP contribution in [0.3, 0.4) is 0 Å². The molecule has 0 aliphatic carbocycles. The van der Waals surface area contributed by atoms with Crippen LogP contribution in [0.25, 0.3) is 0 Å². The summed E-state index contributed by atoms with van der Waals surface area (Å²) in [6.45, 7) is 1.83. The first-order chi connectivity index (χ1) is 8.24. The predicted octanol–water partition coefficient (Wildman–Crippen LogP) is 3.08. The van der Waals surface area contributed by atoms with Gasteiger partial charge in [-0.2, -0.15) is 9.64 Å². The highest BCUT2D eigenvalue weighted by atomic mass is 32.1. The van der Waals surface area contributed by atoms with E-state index in [9.17, 15) is 0 Å². The zero-order valence-electron chi connectivity index (χ0n) is 9.52. The molecule has 0 atom stereocenters. The Morgan fingerprint density at radius 3 is 3.00 bits per heavy atom. The standard InChI is InChI=1S/C12H11N3OS/c1-8-11(7-13)12(17-15-8)14-9-4-3-5-10(6-9)16-2/h3-6,14H,1-2H3. The first-order valence-electron chi connectivity index (χ1n) is 5.02. The summed E-state index contributed by atoms with van der Waals surface area (Å²) in [4.78, 5) is 0. The SMILES string of the molecule is COc1cccc(Nc2snc(C)c2C#N)c1. The lowest BCUT2D eigenvalue weighted by molar-refractivity contribution is 0.415. The van der Waals surface area contributed by atoms with Crippen molar-refractivity contribution >= 4 is 22.2 Å². The molecule has 2 aromatic rings. The van der Waals surface area contributed by atoms with E-state index in [1.807, 2.05) is 31.2 Å². The Bertz CT molecular complexity index is 571. The molecule has 1 aromatic heterocycles. The number of nitrogens with zero attached hydrogens (tertiary/aromatic N) is 2. The van der Waals surface area contributed by atoms with Gasteiger partial charge in [0.05, 0.1) is 12.8 Å². The summed E-state index contributed by atoms with van der Waals surface area (Å²) in [6.07, 6.45) is 0. The van der Waals surface area contributed by atoms with E-state index in [-0.39, 0.29) is 0 Å². The van der Waals surface area contributed by atoms with Crippen LogP contribution in [0.1, 0.15) is 11.3 Å². The summed E-state index contributed by atoms with van der Waals surface area (Å²) in [5, 5.41) is 13.0. The monoisotopic (exact) mass is 245 g/mol. The molecule has 17 heavy (non-hydrogen) atoms. The Kier molecular flexibility index (Phi) is 3.26. The normalized spacial score (nSPS) is 9.71. The van der Waals surface area contributed by atoms with Gasteiger partial charge >= 0.3 is 0 Å². The van der Waals surface area contributed by atoms with Crippen molar-refractivity contribution in [1.29, 1.82) is 5.26 Å². The molecule has 1 aromatic carbocycles. The number of benzene rings is 1. The van der Waals surface area contributed by atoms with E-state index in [1.165, 1.54) is 11.5 Å². The highest BCUT2D eigenvalue weighted by Crippen LogP contribution is 2.28. The van der Waals surface area contributed by atoms with Crippen molar-refractivity contribution < 1.29 is 4.74 Å². The third kappa shape index (κ3) is 2.37. The largest absolute Gasteiger partial charge is 0.497 e. The van der Waals surface area contributed by atoms with Gasteiger partial charge in [0, 0.05) is 11.8 Å². The smallest absolute Gasteiger partial charge is 0.132 e.